The zero-order valence-corrected chi connectivity index (χ0v) is 9.60. The quantitative estimate of drug-likeness (QED) is 0.723. The number of nitrogens with zero attached hydrogens (tertiary/aromatic N) is 2. The number of rotatable bonds is 3. The van der Waals surface area contributed by atoms with Crippen LogP contribution in [-0.2, 0) is 6.54 Å². The number of hydrogen-bond acceptors (Lipinski definition) is 3. The number of urea groups is 1. The number of aromatic nitrogens is 2. The minimum atomic E-state index is -0.538. The molecule has 0 aliphatic carbocycles. The zero-order chi connectivity index (χ0) is 12.4. The van der Waals surface area contributed by atoms with E-state index in [-0.39, 0.29) is 0 Å². The van der Waals surface area contributed by atoms with Gasteiger partial charge < -0.3 is 21.4 Å². The van der Waals surface area contributed by atoms with Gasteiger partial charge in [-0.3, -0.25) is 0 Å². The van der Waals surface area contributed by atoms with Crippen molar-refractivity contribution in [2.24, 2.45) is 5.73 Å². The summed E-state index contributed by atoms with van der Waals surface area (Å²) in [5, 5.41) is 2.53. The number of nitrogens with two attached hydrogens (primary N) is 2. The van der Waals surface area contributed by atoms with Crippen molar-refractivity contribution in [1.82, 2.24) is 14.9 Å². The van der Waals surface area contributed by atoms with E-state index in [1.807, 2.05) is 29.7 Å². The average molecular weight is 233 g/mol. The van der Waals surface area contributed by atoms with Crippen LogP contribution in [0.15, 0.2) is 18.2 Å². The van der Waals surface area contributed by atoms with E-state index in [9.17, 15) is 4.79 Å². The molecule has 90 valence electrons. The largest absolute Gasteiger partial charge is 0.369 e. The van der Waals surface area contributed by atoms with Gasteiger partial charge in [0.25, 0.3) is 0 Å². The number of benzene rings is 1. The number of carbonyl (C=O) groups is 1. The van der Waals surface area contributed by atoms with E-state index in [0.717, 1.165) is 16.6 Å². The molecule has 17 heavy (non-hydrogen) atoms. The lowest BCUT2D eigenvalue weighted by Gasteiger charge is -2.06. The van der Waals surface area contributed by atoms with Gasteiger partial charge in [0.2, 0.25) is 5.95 Å². The third-order valence-electron chi connectivity index (χ3n) is 2.64. The van der Waals surface area contributed by atoms with E-state index in [0.29, 0.717) is 19.0 Å². The molecular weight excluding hydrogens is 218 g/mol. The Morgan fingerprint density at radius 2 is 2.29 bits per heavy atom. The maximum atomic E-state index is 10.6. The molecule has 6 nitrogen and oxygen atoms in total. The molecule has 0 radical (unpaired) electrons. The zero-order valence-electron chi connectivity index (χ0n) is 9.60. The van der Waals surface area contributed by atoms with Crippen LogP contribution >= 0.6 is 0 Å². The van der Waals surface area contributed by atoms with Crippen LogP contribution in [0.25, 0.3) is 11.0 Å². The first kappa shape index (κ1) is 11.3. The van der Waals surface area contributed by atoms with Crippen LogP contribution in [0.3, 0.4) is 0 Å². The third kappa shape index (κ3) is 2.15. The molecule has 2 amide bonds. The molecule has 2 rings (SSSR count). The molecule has 0 bridgehead atoms. The van der Waals surface area contributed by atoms with E-state index >= 15 is 0 Å². The van der Waals surface area contributed by atoms with Gasteiger partial charge in [0, 0.05) is 13.1 Å². The first-order valence-electron chi connectivity index (χ1n) is 5.34. The number of amides is 2. The lowest BCUT2D eigenvalue weighted by Crippen LogP contribution is -2.32. The fourth-order valence-electron chi connectivity index (χ4n) is 1.83. The van der Waals surface area contributed by atoms with E-state index in [2.05, 4.69) is 10.3 Å². The minimum absolute atomic E-state index is 0.429. The molecule has 0 saturated heterocycles. The SMILES string of the molecule is Cc1cccc2c1nc(N)n2CCNC(N)=O. The predicted molar refractivity (Wildman–Crippen MR) is 66.5 cm³/mol. The van der Waals surface area contributed by atoms with Crippen molar-refractivity contribution in [1.29, 1.82) is 0 Å². The molecule has 0 aliphatic heterocycles. The Morgan fingerprint density at radius 1 is 1.53 bits per heavy atom. The topological polar surface area (TPSA) is 99.0 Å². The van der Waals surface area contributed by atoms with Gasteiger partial charge in [-0.25, -0.2) is 9.78 Å². The second-order valence-electron chi connectivity index (χ2n) is 3.86. The predicted octanol–water partition coefficient (Wildman–Crippen LogP) is 0.595. The Bertz CT molecular complexity index is 560. The molecule has 1 aromatic heterocycles. The summed E-state index contributed by atoms with van der Waals surface area (Å²) in [7, 11) is 0. The van der Waals surface area contributed by atoms with Crippen molar-refractivity contribution in [3.63, 3.8) is 0 Å². The smallest absolute Gasteiger partial charge is 0.312 e. The third-order valence-corrected chi connectivity index (χ3v) is 2.64. The molecule has 2 aromatic rings. The van der Waals surface area contributed by atoms with Crippen LogP contribution < -0.4 is 16.8 Å². The summed E-state index contributed by atoms with van der Waals surface area (Å²) in [4.78, 5) is 14.9. The fraction of sp³-hybridized carbons (Fsp3) is 0.273. The van der Waals surface area contributed by atoms with Gasteiger partial charge >= 0.3 is 6.03 Å². The standard InChI is InChI=1S/C11H15N5O/c1-7-3-2-4-8-9(7)15-10(12)16(8)6-5-14-11(13)17/h2-4H,5-6H2,1H3,(H2,12,15)(H3,13,14,17). The highest BCUT2D eigenvalue weighted by Crippen LogP contribution is 2.20. The van der Waals surface area contributed by atoms with Gasteiger partial charge in [-0.15, -0.1) is 0 Å². The Balaban J connectivity index is 2.30. The first-order chi connectivity index (χ1) is 8.09. The van der Waals surface area contributed by atoms with E-state index in [4.69, 9.17) is 11.5 Å². The maximum Gasteiger partial charge on any atom is 0.312 e. The lowest BCUT2D eigenvalue weighted by atomic mass is 10.2. The van der Waals surface area contributed by atoms with Gasteiger partial charge in [0.15, 0.2) is 0 Å². The van der Waals surface area contributed by atoms with Crippen molar-refractivity contribution in [3.8, 4) is 0 Å². The van der Waals surface area contributed by atoms with Crippen LogP contribution in [0.2, 0.25) is 0 Å². The molecule has 0 atom stereocenters. The van der Waals surface area contributed by atoms with E-state index in [1.165, 1.54) is 0 Å². The molecular formula is C11H15N5O. The number of imidazole rings is 1. The highest BCUT2D eigenvalue weighted by molar-refractivity contribution is 5.81. The van der Waals surface area contributed by atoms with Crippen molar-refractivity contribution in [2.45, 2.75) is 13.5 Å². The van der Waals surface area contributed by atoms with Crippen molar-refractivity contribution in [3.05, 3.63) is 23.8 Å². The summed E-state index contributed by atoms with van der Waals surface area (Å²) in [6.45, 7) is 2.97. The Labute approximate surface area is 98.6 Å². The fourth-order valence-corrected chi connectivity index (χ4v) is 1.83. The summed E-state index contributed by atoms with van der Waals surface area (Å²) < 4.78 is 1.86. The summed E-state index contributed by atoms with van der Waals surface area (Å²) >= 11 is 0. The molecule has 1 aromatic carbocycles. The molecule has 0 fully saturated rings. The highest BCUT2D eigenvalue weighted by Gasteiger charge is 2.09. The average Bonchev–Trinajstić information content (AvgIpc) is 2.57. The molecule has 0 saturated carbocycles. The number of hydrogen-bond donors (Lipinski definition) is 3. The number of para-hydroxylation sites is 1. The van der Waals surface area contributed by atoms with Crippen LogP contribution in [0.4, 0.5) is 10.7 Å². The van der Waals surface area contributed by atoms with Gasteiger partial charge in [-0.1, -0.05) is 12.1 Å². The van der Waals surface area contributed by atoms with Crippen LogP contribution in [0, 0.1) is 6.92 Å². The minimum Gasteiger partial charge on any atom is -0.369 e. The molecule has 6 heteroatoms. The monoisotopic (exact) mass is 233 g/mol. The molecule has 0 unspecified atom stereocenters. The van der Waals surface area contributed by atoms with Gasteiger partial charge in [0.05, 0.1) is 11.0 Å². The normalized spacial score (nSPS) is 10.6. The number of fused-ring (bicyclic) bond motifs is 1. The number of nitrogens with one attached hydrogen (secondary N) is 1. The second kappa shape index (κ2) is 4.32. The van der Waals surface area contributed by atoms with E-state index < -0.39 is 6.03 Å². The van der Waals surface area contributed by atoms with Crippen LogP contribution in [0.1, 0.15) is 5.56 Å². The number of aryl methyl sites for hydroxylation is 1. The van der Waals surface area contributed by atoms with Crippen LogP contribution in [-0.4, -0.2) is 22.1 Å². The van der Waals surface area contributed by atoms with Crippen molar-refractivity contribution in [2.75, 3.05) is 12.3 Å². The summed E-state index contributed by atoms with van der Waals surface area (Å²) in [6, 6.07) is 5.36. The Kier molecular flexibility index (Phi) is 2.86. The molecule has 0 spiro atoms. The molecule has 5 N–H and O–H groups in total. The maximum absolute atomic E-state index is 10.6. The Morgan fingerprint density at radius 3 is 3.00 bits per heavy atom. The summed E-state index contributed by atoms with van der Waals surface area (Å²) in [5.41, 5.74) is 13.8. The second-order valence-corrected chi connectivity index (χ2v) is 3.86. The number of anilines is 1. The summed E-state index contributed by atoms with van der Waals surface area (Å²) in [5.74, 6) is 0.445. The van der Waals surface area contributed by atoms with Gasteiger partial charge in [-0.2, -0.15) is 0 Å². The lowest BCUT2D eigenvalue weighted by molar-refractivity contribution is 0.248. The Hall–Kier alpha value is -2.24. The highest BCUT2D eigenvalue weighted by atomic mass is 16.2. The number of nitrogen functional groups attached to an aromatic ring is 1. The van der Waals surface area contributed by atoms with Crippen molar-refractivity contribution < 1.29 is 4.79 Å². The number of primary amides is 1. The van der Waals surface area contributed by atoms with Gasteiger partial charge in [0.1, 0.15) is 0 Å². The molecule has 1 heterocycles. The van der Waals surface area contributed by atoms with Crippen molar-refractivity contribution >= 4 is 23.0 Å². The van der Waals surface area contributed by atoms with E-state index in [1.54, 1.807) is 0 Å². The van der Waals surface area contributed by atoms with Gasteiger partial charge in [-0.05, 0) is 18.6 Å². The number of carbonyl (C=O) groups excluding carboxylic acids is 1. The molecule has 0 aliphatic rings. The van der Waals surface area contributed by atoms with Crippen LogP contribution in [0.5, 0.6) is 0 Å². The summed E-state index contributed by atoms with van der Waals surface area (Å²) in [6.07, 6.45) is 0. The first-order valence-corrected chi connectivity index (χ1v) is 5.34.